The second-order valence-electron chi connectivity index (χ2n) is 3.35. The Morgan fingerprint density at radius 2 is 2.00 bits per heavy atom. The lowest BCUT2D eigenvalue weighted by atomic mass is 10.0. The van der Waals surface area contributed by atoms with E-state index < -0.39 is 17.8 Å². The minimum Gasteiger partial charge on any atom is -0.396 e. The Morgan fingerprint density at radius 3 is 2.50 bits per heavy atom. The van der Waals surface area contributed by atoms with Gasteiger partial charge < -0.3 is 10.8 Å². The topological polar surface area (TPSA) is 46.2 Å². The van der Waals surface area contributed by atoms with E-state index in [-0.39, 0.29) is 13.0 Å². The van der Waals surface area contributed by atoms with Crippen molar-refractivity contribution in [2.24, 2.45) is 5.73 Å². The predicted octanol–water partition coefficient (Wildman–Crippen LogP) is 2.85. The maximum atomic E-state index is 12.4. The van der Waals surface area contributed by atoms with Crippen LogP contribution in [0, 0.1) is 0 Å². The van der Waals surface area contributed by atoms with Gasteiger partial charge in [-0.3, -0.25) is 0 Å². The molecule has 0 heterocycles. The van der Waals surface area contributed by atoms with Crippen molar-refractivity contribution < 1.29 is 18.3 Å². The highest BCUT2D eigenvalue weighted by Gasteiger charge is 2.31. The zero-order chi connectivity index (χ0) is 12.3. The molecule has 0 amide bonds. The summed E-state index contributed by atoms with van der Waals surface area (Å²) in [5.74, 6) is 0. The molecule has 0 aliphatic rings. The van der Waals surface area contributed by atoms with Gasteiger partial charge in [-0.2, -0.15) is 13.2 Å². The molecule has 1 aromatic carbocycles. The first-order valence-electron chi connectivity index (χ1n) is 4.59. The molecule has 1 atom stereocenters. The van der Waals surface area contributed by atoms with E-state index in [0.717, 1.165) is 12.1 Å². The number of benzene rings is 1. The molecule has 0 aromatic heterocycles. The fourth-order valence-electron chi connectivity index (χ4n) is 1.30. The van der Waals surface area contributed by atoms with Crippen LogP contribution in [0.25, 0.3) is 0 Å². The van der Waals surface area contributed by atoms with Crippen LogP contribution in [-0.2, 0) is 6.18 Å². The van der Waals surface area contributed by atoms with Gasteiger partial charge in [0, 0.05) is 17.1 Å². The fraction of sp³-hybridized carbons (Fsp3) is 0.400. The van der Waals surface area contributed by atoms with Crippen molar-refractivity contribution >= 4 is 15.9 Å². The molecule has 0 radical (unpaired) electrons. The van der Waals surface area contributed by atoms with E-state index in [4.69, 9.17) is 10.8 Å². The normalized spacial score (nSPS) is 13.9. The molecule has 0 unspecified atom stereocenters. The Labute approximate surface area is 99.4 Å². The van der Waals surface area contributed by atoms with Gasteiger partial charge in [-0.05, 0) is 30.2 Å². The van der Waals surface area contributed by atoms with Gasteiger partial charge in [-0.1, -0.05) is 15.9 Å². The van der Waals surface area contributed by atoms with Crippen molar-refractivity contribution in [3.63, 3.8) is 0 Å². The highest BCUT2D eigenvalue weighted by atomic mass is 79.9. The molecule has 0 saturated heterocycles. The van der Waals surface area contributed by atoms with Crippen molar-refractivity contribution in [3.8, 4) is 0 Å². The average molecular weight is 298 g/mol. The average Bonchev–Trinajstić information content (AvgIpc) is 2.16. The van der Waals surface area contributed by atoms with E-state index in [0.29, 0.717) is 10.0 Å². The van der Waals surface area contributed by atoms with Crippen LogP contribution in [0.15, 0.2) is 22.7 Å². The van der Waals surface area contributed by atoms with Crippen molar-refractivity contribution in [1.82, 2.24) is 0 Å². The minimum absolute atomic E-state index is 0.163. The molecule has 16 heavy (non-hydrogen) atoms. The summed E-state index contributed by atoms with van der Waals surface area (Å²) in [5.41, 5.74) is 5.28. The Balaban J connectivity index is 3.09. The number of aliphatic hydroxyl groups excluding tert-OH is 1. The summed E-state index contributed by atoms with van der Waals surface area (Å²) in [5, 5.41) is 8.70. The van der Waals surface area contributed by atoms with Gasteiger partial charge in [0.15, 0.2) is 0 Å². The summed E-state index contributed by atoms with van der Waals surface area (Å²) in [7, 11) is 0. The largest absolute Gasteiger partial charge is 0.416 e. The third-order valence-corrected chi connectivity index (χ3v) is 2.89. The van der Waals surface area contributed by atoms with Crippen LogP contribution in [-0.4, -0.2) is 11.7 Å². The second kappa shape index (κ2) is 5.16. The molecule has 1 aromatic rings. The third kappa shape index (κ3) is 3.20. The van der Waals surface area contributed by atoms with Crippen LogP contribution >= 0.6 is 15.9 Å². The monoisotopic (exact) mass is 297 g/mol. The first-order chi connectivity index (χ1) is 7.36. The molecule has 0 bridgehead atoms. The number of nitrogens with two attached hydrogens (primary N) is 1. The van der Waals surface area contributed by atoms with E-state index in [1.807, 2.05) is 0 Å². The Bertz CT molecular complexity index is 368. The Hall–Kier alpha value is -0.590. The lowest BCUT2D eigenvalue weighted by molar-refractivity contribution is -0.137. The highest BCUT2D eigenvalue weighted by Crippen LogP contribution is 2.33. The van der Waals surface area contributed by atoms with Crippen LogP contribution in [0.5, 0.6) is 0 Å². The molecule has 0 saturated carbocycles. The summed E-state index contributed by atoms with van der Waals surface area (Å²) in [6, 6.07) is 2.70. The summed E-state index contributed by atoms with van der Waals surface area (Å²) in [6.45, 7) is -0.163. The summed E-state index contributed by atoms with van der Waals surface area (Å²) in [4.78, 5) is 0. The number of hydrogen-bond acceptors (Lipinski definition) is 2. The van der Waals surface area contributed by atoms with E-state index in [1.165, 1.54) is 6.07 Å². The molecule has 3 N–H and O–H groups in total. The second-order valence-corrected chi connectivity index (χ2v) is 4.21. The van der Waals surface area contributed by atoms with Crippen molar-refractivity contribution in [2.75, 3.05) is 6.61 Å². The van der Waals surface area contributed by atoms with Crippen molar-refractivity contribution in [2.45, 2.75) is 18.6 Å². The molecular weight excluding hydrogens is 287 g/mol. The van der Waals surface area contributed by atoms with Gasteiger partial charge in [-0.25, -0.2) is 0 Å². The SMILES string of the molecule is N[C@H](CCO)c1cc(C(F)(F)F)ccc1Br. The molecule has 2 nitrogen and oxygen atoms in total. The summed E-state index contributed by atoms with van der Waals surface area (Å²) >= 11 is 3.14. The van der Waals surface area contributed by atoms with Gasteiger partial charge in [0.2, 0.25) is 0 Å². The van der Waals surface area contributed by atoms with Gasteiger partial charge in [0.1, 0.15) is 0 Å². The van der Waals surface area contributed by atoms with Crippen LogP contribution in [0.4, 0.5) is 13.2 Å². The number of rotatable bonds is 3. The molecule has 0 spiro atoms. The quantitative estimate of drug-likeness (QED) is 0.901. The lowest BCUT2D eigenvalue weighted by Crippen LogP contribution is -2.14. The third-order valence-electron chi connectivity index (χ3n) is 2.16. The molecular formula is C10H11BrF3NO. The highest BCUT2D eigenvalue weighted by molar-refractivity contribution is 9.10. The van der Waals surface area contributed by atoms with Crippen molar-refractivity contribution in [1.29, 1.82) is 0 Å². The van der Waals surface area contributed by atoms with Crippen LogP contribution in [0.2, 0.25) is 0 Å². The number of alkyl halides is 3. The minimum atomic E-state index is -4.38. The van der Waals surface area contributed by atoms with E-state index in [1.54, 1.807) is 0 Å². The fourth-order valence-corrected chi connectivity index (χ4v) is 1.84. The molecule has 1 rings (SSSR count). The molecule has 0 fully saturated rings. The van der Waals surface area contributed by atoms with Crippen LogP contribution in [0.1, 0.15) is 23.6 Å². The van der Waals surface area contributed by atoms with Gasteiger partial charge in [-0.15, -0.1) is 0 Å². The number of halogens is 4. The predicted molar refractivity (Wildman–Crippen MR) is 57.8 cm³/mol. The summed E-state index contributed by atoms with van der Waals surface area (Å²) in [6.07, 6.45) is -4.16. The molecule has 0 aliphatic heterocycles. The Morgan fingerprint density at radius 1 is 1.38 bits per heavy atom. The standard InChI is InChI=1S/C10H11BrF3NO/c11-8-2-1-6(10(12,13)14)5-7(8)9(15)3-4-16/h1-2,5,9,16H,3-4,15H2/t9-/m1/s1. The van der Waals surface area contributed by atoms with Gasteiger partial charge in [0.05, 0.1) is 5.56 Å². The smallest absolute Gasteiger partial charge is 0.396 e. The van der Waals surface area contributed by atoms with Crippen molar-refractivity contribution in [3.05, 3.63) is 33.8 Å². The molecule has 90 valence electrons. The van der Waals surface area contributed by atoms with Crippen LogP contribution < -0.4 is 5.73 Å². The van der Waals surface area contributed by atoms with E-state index in [2.05, 4.69) is 15.9 Å². The van der Waals surface area contributed by atoms with Gasteiger partial charge >= 0.3 is 6.18 Å². The maximum absolute atomic E-state index is 12.4. The first kappa shape index (κ1) is 13.5. The van der Waals surface area contributed by atoms with E-state index in [9.17, 15) is 13.2 Å². The summed E-state index contributed by atoms with van der Waals surface area (Å²) < 4.78 is 37.8. The molecule has 6 heteroatoms. The van der Waals surface area contributed by atoms with Crippen LogP contribution in [0.3, 0.4) is 0 Å². The number of aliphatic hydroxyl groups is 1. The lowest BCUT2D eigenvalue weighted by Gasteiger charge is -2.15. The zero-order valence-electron chi connectivity index (χ0n) is 8.26. The zero-order valence-corrected chi connectivity index (χ0v) is 9.85. The first-order valence-corrected chi connectivity index (χ1v) is 5.38. The maximum Gasteiger partial charge on any atom is 0.416 e. The van der Waals surface area contributed by atoms with E-state index >= 15 is 0 Å². The Kier molecular flexibility index (Phi) is 4.35. The molecule has 0 aliphatic carbocycles. The van der Waals surface area contributed by atoms with Gasteiger partial charge in [0.25, 0.3) is 0 Å². The number of hydrogen-bond donors (Lipinski definition) is 2.